The lowest BCUT2D eigenvalue weighted by atomic mass is 10.1. The molecule has 0 atom stereocenters. The normalized spacial score (nSPS) is 10.5. The van der Waals surface area contributed by atoms with Gasteiger partial charge in [-0.3, -0.25) is 0 Å². The Morgan fingerprint density at radius 1 is 1.16 bits per heavy atom. The van der Waals surface area contributed by atoms with E-state index in [2.05, 4.69) is 21.3 Å². The van der Waals surface area contributed by atoms with Crippen molar-refractivity contribution in [3.63, 3.8) is 0 Å². The molecular formula is C13H14N4OS. The van der Waals surface area contributed by atoms with Crippen molar-refractivity contribution >= 4 is 11.8 Å². The molecule has 0 spiro atoms. The maximum absolute atomic E-state index is 9.26. The maximum Gasteiger partial charge on any atom is 0.226 e. The van der Waals surface area contributed by atoms with Gasteiger partial charge in [-0.1, -0.05) is 11.8 Å². The third kappa shape index (κ3) is 2.76. The minimum Gasteiger partial charge on any atom is -0.425 e. The molecule has 0 fully saturated rings. The lowest BCUT2D eigenvalue weighted by Gasteiger charge is -2.10. The third-order valence-corrected chi connectivity index (χ3v) is 3.94. The van der Waals surface area contributed by atoms with E-state index in [0.29, 0.717) is 23.1 Å². The van der Waals surface area contributed by atoms with Crippen LogP contribution in [0.25, 0.3) is 0 Å². The Balaban J connectivity index is 2.28. The monoisotopic (exact) mass is 274 g/mol. The Hall–Kier alpha value is -1.87. The molecule has 0 unspecified atom stereocenters. The molecule has 0 aliphatic carbocycles. The fourth-order valence-corrected chi connectivity index (χ4v) is 2.59. The van der Waals surface area contributed by atoms with E-state index in [-0.39, 0.29) is 0 Å². The highest BCUT2D eigenvalue weighted by Gasteiger charge is 2.14. The summed E-state index contributed by atoms with van der Waals surface area (Å²) in [5.74, 6) is 1.61. The SMILES string of the molecule is Cc1nnc(CSc2nc(C)c(C)c(C)c2C#N)o1. The molecular weight excluding hydrogens is 260 g/mol. The van der Waals surface area contributed by atoms with E-state index in [9.17, 15) is 5.26 Å². The predicted octanol–water partition coefficient (Wildman–Crippen LogP) is 2.86. The van der Waals surface area contributed by atoms with Crippen LogP contribution in [0.2, 0.25) is 0 Å². The van der Waals surface area contributed by atoms with Crippen molar-refractivity contribution in [2.24, 2.45) is 0 Å². The smallest absolute Gasteiger partial charge is 0.226 e. The average Bonchev–Trinajstić information content (AvgIpc) is 2.79. The molecule has 19 heavy (non-hydrogen) atoms. The summed E-state index contributed by atoms with van der Waals surface area (Å²) in [4.78, 5) is 4.48. The van der Waals surface area contributed by atoms with Crippen molar-refractivity contribution in [1.29, 1.82) is 5.26 Å². The van der Waals surface area contributed by atoms with Crippen LogP contribution in [-0.4, -0.2) is 15.2 Å². The summed E-state index contributed by atoms with van der Waals surface area (Å²) >= 11 is 1.45. The topological polar surface area (TPSA) is 75.6 Å². The Bertz CT molecular complexity index is 657. The summed E-state index contributed by atoms with van der Waals surface area (Å²) in [6, 6.07) is 2.22. The standard InChI is InChI=1S/C13H14N4OS/c1-7-8(2)11(5-14)13(15-9(7)3)19-6-12-17-16-10(4)18-12/h6H2,1-4H3. The van der Waals surface area contributed by atoms with Crippen molar-refractivity contribution in [3.8, 4) is 6.07 Å². The molecule has 0 aromatic carbocycles. The fourth-order valence-electron chi connectivity index (χ4n) is 1.67. The molecule has 0 saturated heterocycles. The van der Waals surface area contributed by atoms with Gasteiger partial charge < -0.3 is 4.42 Å². The first-order valence-electron chi connectivity index (χ1n) is 5.82. The van der Waals surface area contributed by atoms with Gasteiger partial charge in [-0.05, 0) is 31.9 Å². The highest BCUT2D eigenvalue weighted by Crippen LogP contribution is 2.28. The number of nitriles is 1. The number of rotatable bonds is 3. The second-order valence-corrected chi connectivity index (χ2v) is 5.21. The molecule has 0 saturated carbocycles. The van der Waals surface area contributed by atoms with Crippen molar-refractivity contribution in [3.05, 3.63) is 34.2 Å². The van der Waals surface area contributed by atoms with E-state index in [4.69, 9.17) is 4.42 Å². The average molecular weight is 274 g/mol. The van der Waals surface area contributed by atoms with Gasteiger partial charge in [0.05, 0.1) is 11.3 Å². The zero-order valence-corrected chi connectivity index (χ0v) is 12.1. The van der Waals surface area contributed by atoms with E-state index in [1.807, 2.05) is 20.8 Å². The summed E-state index contributed by atoms with van der Waals surface area (Å²) in [5, 5.41) is 17.7. The van der Waals surface area contributed by atoms with Gasteiger partial charge in [0.2, 0.25) is 11.8 Å². The second-order valence-electron chi connectivity index (χ2n) is 4.24. The number of pyridine rings is 1. The molecule has 2 heterocycles. The maximum atomic E-state index is 9.26. The molecule has 2 rings (SSSR count). The van der Waals surface area contributed by atoms with Gasteiger partial charge in [0.1, 0.15) is 11.1 Å². The number of aryl methyl sites for hydroxylation is 2. The van der Waals surface area contributed by atoms with E-state index < -0.39 is 0 Å². The number of hydrogen-bond donors (Lipinski definition) is 0. The molecule has 0 amide bonds. The minimum atomic E-state index is 0.518. The number of aromatic nitrogens is 3. The van der Waals surface area contributed by atoms with Gasteiger partial charge in [-0.2, -0.15) is 5.26 Å². The highest BCUT2D eigenvalue weighted by molar-refractivity contribution is 7.98. The summed E-state index contributed by atoms with van der Waals surface area (Å²) in [7, 11) is 0. The van der Waals surface area contributed by atoms with Gasteiger partial charge in [0.15, 0.2) is 0 Å². The summed E-state index contributed by atoms with van der Waals surface area (Å²) in [6.07, 6.45) is 0. The van der Waals surface area contributed by atoms with Gasteiger partial charge in [-0.15, -0.1) is 10.2 Å². The van der Waals surface area contributed by atoms with Gasteiger partial charge in [-0.25, -0.2) is 4.98 Å². The third-order valence-electron chi connectivity index (χ3n) is 2.98. The first kappa shape index (κ1) is 13.6. The van der Waals surface area contributed by atoms with Crippen LogP contribution in [0.1, 0.15) is 34.2 Å². The van der Waals surface area contributed by atoms with Crippen LogP contribution in [0.3, 0.4) is 0 Å². The predicted molar refractivity (Wildman–Crippen MR) is 71.8 cm³/mol. The molecule has 0 radical (unpaired) electrons. The zero-order chi connectivity index (χ0) is 14.0. The second kappa shape index (κ2) is 5.41. The lowest BCUT2D eigenvalue weighted by molar-refractivity contribution is 0.485. The van der Waals surface area contributed by atoms with E-state index in [1.54, 1.807) is 6.92 Å². The van der Waals surface area contributed by atoms with Crippen molar-refractivity contribution in [2.45, 2.75) is 38.5 Å². The lowest BCUT2D eigenvalue weighted by Crippen LogP contribution is -1.99. The molecule has 0 bridgehead atoms. The number of nitrogens with zero attached hydrogens (tertiary/aromatic N) is 4. The first-order valence-corrected chi connectivity index (χ1v) is 6.81. The largest absolute Gasteiger partial charge is 0.425 e. The van der Waals surface area contributed by atoms with Gasteiger partial charge in [0, 0.05) is 12.6 Å². The van der Waals surface area contributed by atoms with Crippen LogP contribution >= 0.6 is 11.8 Å². The molecule has 5 nitrogen and oxygen atoms in total. The van der Waals surface area contributed by atoms with E-state index in [0.717, 1.165) is 21.8 Å². The molecule has 2 aromatic heterocycles. The summed E-state index contributed by atoms with van der Waals surface area (Å²) in [6.45, 7) is 7.63. The van der Waals surface area contributed by atoms with Crippen LogP contribution in [-0.2, 0) is 5.75 Å². The Kier molecular flexibility index (Phi) is 3.86. The van der Waals surface area contributed by atoms with Gasteiger partial charge in [0.25, 0.3) is 0 Å². The molecule has 98 valence electrons. The van der Waals surface area contributed by atoms with Crippen LogP contribution in [0.5, 0.6) is 0 Å². The van der Waals surface area contributed by atoms with E-state index >= 15 is 0 Å². The number of thioether (sulfide) groups is 1. The van der Waals surface area contributed by atoms with Crippen molar-refractivity contribution in [1.82, 2.24) is 15.2 Å². The van der Waals surface area contributed by atoms with Crippen LogP contribution in [0.15, 0.2) is 9.44 Å². The van der Waals surface area contributed by atoms with Crippen molar-refractivity contribution in [2.75, 3.05) is 0 Å². The Labute approximate surface area is 116 Å². The summed E-state index contributed by atoms with van der Waals surface area (Å²) < 4.78 is 5.31. The first-order chi connectivity index (χ1) is 9.02. The fraction of sp³-hybridized carbons (Fsp3) is 0.385. The molecule has 0 aliphatic heterocycles. The molecule has 0 aliphatic rings. The summed E-state index contributed by atoms with van der Waals surface area (Å²) in [5.41, 5.74) is 3.62. The van der Waals surface area contributed by atoms with Crippen LogP contribution < -0.4 is 0 Å². The quantitative estimate of drug-likeness (QED) is 0.801. The molecule has 6 heteroatoms. The molecule has 2 aromatic rings. The minimum absolute atomic E-state index is 0.518. The Morgan fingerprint density at radius 3 is 2.47 bits per heavy atom. The van der Waals surface area contributed by atoms with Crippen LogP contribution in [0.4, 0.5) is 0 Å². The Morgan fingerprint density at radius 2 is 1.89 bits per heavy atom. The van der Waals surface area contributed by atoms with Gasteiger partial charge >= 0.3 is 0 Å². The zero-order valence-electron chi connectivity index (χ0n) is 11.3. The number of hydrogen-bond acceptors (Lipinski definition) is 6. The molecule has 0 N–H and O–H groups in total. The van der Waals surface area contributed by atoms with Crippen molar-refractivity contribution < 1.29 is 4.42 Å². The van der Waals surface area contributed by atoms with E-state index in [1.165, 1.54) is 11.8 Å². The highest BCUT2D eigenvalue weighted by atomic mass is 32.2. The van der Waals surface area contributed by atoms with Crippen LogP contribution in [0, 0.1) is 39.0 Å².